The van der Waals surface area contributed by atoms with Gasteiger partial charge in [0.15, 0.2) is 0 Å². The Morgan fingerprint density at radius 2 is 1.93 bits per heavy atom. The van der Waals surface area contributed by atoms with Crippen molar-refractivity contribution in [3.63, 3.8) is 0 Å². The second kappa shape index (κ2) is 3.76. The van der Waals surface area contributed by atoms with Crippen molar-refractivity contribution in [3.05, 3.63) is 40.9 Å². The first-order chi connectivity index (χ1) is 6.30. The number of allylic oxidation sites excluding steroid dienone is 1. The normalized spacial score (nSPS) is 11.5. The van der Waals surface area contributed by atoms with Crippen molar-refractivity contribution in [1.82, 2.24) is 0 Å². The molecule has 1 aromatic carbocycles. The summed E-state index contributed by atoms with van der Waals surface area (Å²) in [6.45, 7) is 9.24. The molecule has 0 aliphatic carbocycles. The van der Waals surface area contributed by atoms with E-state index < -0.39 is 5.60 Å². The van der Waals surface area contributed by atoms with E-state index in [-0.39, 0.29) is 0 Å². The molecule has 0 aromatic heterocycles. The van der Waals surface area contributed by atoms with Gasteiger partial charge in [-0.15, -0.1) is 0 Å². The summed E-state index contributed by atoms with van der Waals surface area (Å²) in [6.07, 6.45) is 0. The van der Waals surface area contributed by atoms with Gasteiger partial charge in [0.25, 0.3) is 0 Å². The van der Waals surface area contributed by atoms with Gasteiger partial charge in [0.1, 0.15) is 0 Å². The Morgan fingerprint density at radius 3 is 2.36 bits per heavy atom. The summed E-state index contributed by atoms with van der Waals surface area (Å²) in [5, 5.41) is 10.5. The molecule has 1 nitrogen and oxygen atoms in total. The molecule has 1 rings (SSSR count). The molecule has 0 radical (unpaired) electrons. The molecule has 0 aliphatic heterocycles. The van der Waals surface area contributed by atoms with E-state index in [4.69, 9.17) is 11.6 Å². The van der Waals surface area contributed by atoms with Gasteiger partial charge in [0, 0.05) is 5.02 Å². The molecule has 0 amide bonds. The van der Waals surface area contributed by atoms with Crippen molar-refractivity contribution in [3.8, 4) is 0 Å². The summed E-state index contributed by atoms with van der Waals surface area (Å²) >= 11 is 5.95. The van der Waals surface area contributed by atoms with Gasteiger partial charge >= 0.3 is 0 Å². The van der Waals surface area contributed by atoms with Crippen LogP contribution in [0.3, 0.4) is 0 Å². The minimum atomic E-state index is -0.866. The van der Waals surface area contributed by atoms with Crippen molar-refractivity contribution in [2.24, 2.45) is 0 Å². The van der Waals surface area contributed by atoms with Gasteiger partial charge in [-0.1, -0.05) is 23.8 Å². The second-order valence-corrected chi connectivity index (χ2v) is 4.50. The van der Waals surface area contributed by atoms with E-state index in [0.717, 1.165) is 16.7 Å². The van der Waals surface area contributed by atoms with Crippen LogP contribution in [0.25, 0.3) is 5.57 Å². The van der Waals surface area contributed by atoms with Crippen LogP contribution in [-0.2, 0) is 5.60 Å². The van der Waals surface area contributed by atoms with E-state index in [9.17, 15) is 5.11 Å². The van der Waals surface area contributed by atoms with Crippen molar-refractivity contribution in [2.75, 3.05) is 0 Å². The highest BCUT2D eigenvalue weighted by atomic mass is 35.5. The average molecular weight is 211 g/mol. The van der Waals surface area contributed by atoms with Gasteiger partial charge in [0.2, 0.25) is 0 Å². The zero-order valence-electron chi connectivity index (χ0n) is 8.76. The molecule has 0 bridgehead atoms. The van der Waals surface area contributed by atoms with Gasteiger partial charge in [-0.2, -0.15) is 0 Å². The van der Waals surface area contributed by atoms with E-state index >= 15 is 0 Å². The molecular formula is C12H15ClO. The fourth-order valence-electron chi connectivity index (χ4n) is 1.19. The smallest absolute Gasteiger partial charge is 0.0841 e. The molecule has 0 atom stereocenters. The standard InChI is InChI=1S/C12H15ClO/c1-8(2)9-5-10(12(3,4)14)7-11(13)6-9/h5-7,14H,1H2,2-4H3. The van der Waals surface area contributed by atoms with Crippen LogP contribution in [0.5, 0.6) is 0 Å². The van der Waals surface area contributed by atoms with Crippen LogP contribution >= 0.6 is 11.6 Å². The number of rotatable bonds is 2. The van der Waals surface area contributed by atoms with Gasteiger partial charge in [-0.05, 0) is 50.1 Å². The van der Waals surface area contributed by atoms with Crippen molar-refractivity contribution < 1.29 is 5.11 Å². The Bertz CT molecular complexity index is 361. The molecule has 76 valence electrons. The predicted octanol–water partition coefficient (Wildman–Crippen LogP) is 3.60. The third-order valence-electron chi connectivity index (χ3n) is 2.10. The number of hydrogen-bond donors (Lipinski definition) is 1. The van der Waals surface area contributed by atoms with Crippen molar-refractivity contribution in [1.29, 1.82) is 0 Å². The highest BCUT2D eigenvalue weighted by Gasteiger charge is 2.17. The number of benzene rings is 1. The summed E-state index contributed by atoms with van der Waals surface area (Å²) in [6, 6.07) is 5.53. The van der Waals surface area contributed by atoms with E-state index in [1.54, 1.807) is 19.9 Å². The summed E-state index contributed by atoms with van der Waals surface area (Å²) in [7, 11) is 0. The van der Waals surface area contributed by atoms with Crippen molar-refractivity contribution >= 4 is 17.2 Å². The first kappa shape index (κ1) is 11.3. The van der Waals surface area contributed by atoms with Crippen molar-refractivity contribution in [2.45, 2.75) is 26.4 Å². The topological polar surface area (TPSA) is 20.2 Å². The molecule has 0 aliphatic rings. The summed E-state index contributed by atoms with van der Waals surface area (Å²) in [5.41, 5.74) is 1.85. The molecule has 0 heterocycles. The van der Waals surface area contributed by atoms with Crippen LogP contribution in [0.15, 0.2) is 24.8 Å². The zero-order valence-corrected chi connectivity index (χ0v) is 9.52. The predicted molar refractivity (Wildman–Crippen MR) is 61.4 cm³/mol. The average Bonchev–Trinajstić information content (AvgIpc) is 2.01. The molecule has 1 aromatic rings. The van der Waals surface area contributed by atoms with E-state index in [0.29, 0.717) is 5.02 Å². The maximum atomic E-state index is 9.83. The summed E-state index contributed by atoms with van der Waals surface area (Å²) in [4.78, 5) is 0. The van der Waals surface area contributed by atoms with Gasteiger partial charge in [-0.3, -0.25) is 0 Å². The number of hydrogen-bond acceptors (Lipinski definition) is 1. The lowest BCUT2D eigenvalue weighted by molar-refractivity contribution is 0.0786. The molecule has 0 fully saturated rings. The highest BCUT2D eigenvalue weighted by molar-refractivity contribution is 6.30. The third-order valence-corrected chi connectivity index (χ3v) is 2.32. The monoisotopic (exact) mass is 210 g/mol. The fourth-order valence-corrected chi connectivity index (χ4v) is 1.42. The molecule has 14 heavy (non-hydrogen) atoms. The Kier molecular flexibility index (Phi) is 3.03. The molecule has 0 saturated heterocycles. The Morgan fingerprint density at radius 1 is 1.36 bits per heavy atom. The number of aliphatic hydroxyl groups is 1. The van der Waals surface area contributed by atoms with Gasteiger partial charge < -0.3 is 5.11 Å². The Labute approximate surface area is 90.0 Å². The quantitative estimate of drug-likeness (QED) is 0.791. The second-order valence-electron chi connectivity index (χ2n) is 4.07. The largest absolute Gasteiger partial charge is 0.386 e. The molecular weight excluding hydrogens is 196 g/mol. The van der Waals surface area contributed by atoms with E-state index in [1.807, 2.05) is 19.1 Å². The van der Waals surface area contributed by atoms with Crippen LogP contribution in [0.2, 0.25) is 5.02 Å². The summed E-state index contributed by atoms with van der Waals surface area (Å²) in [5.74, 6) is 0. The SMILES string of the molecule is C=C(C)c1cc(Cl)cc(C(C)(C)O)c1. The highest BCUT2D eigenvalue weighted by Crippen LogP contribution is 2.27. The van der Waals surface area contributed by atoms with Gasteiger partial charge in [-0.25, -0.2) is 0 Å². The number of halogens is 1. The maximum absolute atomic E-state index is 9.83. The van der Waals surface area contributed by atoms with Crippen LogP contribution < -0.4 is 0 Å². The Hall–Kier alpha value is -0.790. The first-order valence-electron chi connectivity index (χ1n) is 4.50. The molecule has 1 N–H and O–H groups in total. The molecule has 0 spiro atoms. The fraction of sp³-hybridized carbons (Fsp3) is 0.333. The van der Waals surface area contributed by atoms with Crippen LogP contribution in [0.4, 0.5) is 0 Å². The lowest BCUT2D eigenvalue weighted by atomic mass is 9.95. The molecule has 2 heteroatoms. The summed E-state index contributed by atoms with van der Waals surface area (Å²) < 4.78 is 0. The van der Waals surface area contributed by atoms with Crippen LogP contribution in [-0.4, -0.2) is 5.11 Å². The lowest BCUT2D eigenvalue weighted by Gasteiger charge is -2.19. The zero-order chi connectivity index (χ0) is 10.9. The minimum absolute atomic E-state index is 0.627. The molecule has 0 unspecified atom stereocenters. The van der Waals surface area contributed by atoms with E-state index in [1.165, 1.54) is 0 Å². The van der Waals surface area contributed by atoms with Gasteiger partial charge in [0.05, 0.1) is 5.60 Å². The molecule has 0 saturated carbocycles. The van der Waals surface area contributed by atoms with E-state index in [2.05, 4.69) is 6.58 Å². The van der Waals surface area contributed by atoms with Crippen LogP contribution in [0, 0.1) is 0 Å². The maximum Gasteiger partial charge on any atom is 0.0841 e. The minimum Gasteiger partial charge on any atom is -0.386 e. The van der Waals surface area contributed by atoms with Crippen LogP contribution in [0.1, 0.15) is 31.9 Å². The first-order valence-corrected chi connectivity index (χ1v) is 4.88. The Balaban J connectivity index is 3.28. The lowest BCUT2D eigenvalue weighted by Crippen LogP contribution is -2.15. The third kappa shape index (κ3) is 2.60.